The highest BCUT2D eigenvalue weighted by Crippen LogP contribution is 2.47. The summed E-state index contributed by atoms with van der Waals surface area (Å²) >= 11 is 0. The molecule has 5 nitrogen and oxygen atoms in total. The second-order valence-electron chi connectivity index (χ2n) is 6.45. The summed E-state index contributed by atoms with van der Waals surface area (Å²) in [6.07, 6.45) is 5.47. The Morgan fingerprint density at radius 2 is 1.84 bits per heavy atom. The average molecular weight is 265 g/mol. The molecule has 5 heteroatoms. The molecule has 106 valence electrons. The molecule has 3 aliphatic rings. The molecule has 0 aromatic rings. The molecular formula is C14H23N3O2. The standard InChI is InChI=1S/C14H23N3O2/c1-7(13(18)17-10-4-5-10)16-14(19)11-8-2-3-9(6-8)12(11)15/h7-12H,2-6,15H2,1H3,(H,16,19)(H,17,18). The van der Waals surface area contributed by atoms with Crippen molar-refractivity contribution in [2.75, 3.05) is 0 Å². The Kier molecular flexibility index (Phi) is 3.25. The van der Waals surface area contributed by atoms with Crippen molar-refractivity contribution in [2.24, 2.45) is 23.5 Å². The van der Waals surface area contributed by atoms with E-state index in [0.717, 1.165) is 32.1 Å². The van der Waals surface area contributed by atoms with Gasteiger partial charge in [-0.25, -0.2) is 0 Å². The van der Waals surface area contributed by atoms with Crippen molar-refractivity contribution < 1.29 is 9.59 Å². The molecule has 3 rings (SSSR count). The highest BCUT2D eigenvalue weighted by molar-refractivity contribution is 5.89. The first-order chi connectivity index (χ1) is 9.06. The van der Waals surface area contributed by atoms with Crippen molar-refractivity contribution in [3.05, 3.63) is 0 Å². The molecule has 3 saturated carbocycles. The van der Waals surface area contributed by atoms with Gasteiger partial charge < -0.3 is 16.4 Å². The number of carbonyl (C=O) groups is 2. The molecular weight excluding hydrogens is 242 g/mol. The molecule has 2 amide bonds. The van der Waals surface area contributed by atoms with Gasteiger partial charge in [0.25, 0.3) is 0 Å². The number of hydrogen-bond donors (Lipinski definition) is 3. The van der Waals surface area contributed by atoms with E-state index in [2.05, 4.69) is 10.6 Å². The molecule has 0 aromatic carbocycles. The zero-order valence-electron chi connectivity index (χ0n) is 11.4. The Balaban J connectivity index is 1.54. The molecule has 0 aromatic heterocycles. The Morgan fingerprint density at radius 3 is 2.42 bits per heavy atom. The van der Waals surface area contributed by atoms with Gasteiger partial charge in [-0.05, 0) is 50.9 Å². The molecule has 19 heavy (non-hydrogen) atoms. The lowest BCUT2D eigenvalue weighted by molar-refractivity contribution is -0.132. The largest absolute Gasteiger partial charge is 0.352 e. The molecule has 0 saturated heterocycles. The van der Waals surface area contributed by atoms with Gasteiger partial charge in [-0.15, -0.1) is 0 Å². The van der Waals surface area contributed by atoms with Gasteiger partial charge in [-0.3, -0.25) is 9.59 Å². The molecule has 5 atom stereocenters. The first-order valence-corrected chi connectivity index (χ1v) is 7.42. The molecule has 4 N–H and O–H groups in total. The van der Waals surface area contributed by atoms with Crippen LogP contribution in [0.3, 0.4) is 0 Å². The van der Waals surface area contributed by atoms with Gasteiger partial charge in [-0.1, -0.05) is 0 Å². The molecule has 0 heterocycles. The van der Waals surface area contributed by atoms with Crippen LogP contribution in [0.25, 0.3) is 0 Å². The van der Waals surface area contributed by atoms with E-state index in [1.807, 2.05) is 0 Å². The van der Waals surface area contributed by atoms with E-state index in [-0.39, 0.29) is 23.8 Å². The number of nitrogens with two attached hydrogens (primary N) is 1. The lowest BCUT2D eigenvalue weighted by Gasteiger charge is -2.28. The number of carbonyl (C=O) groups excluding carboxylic acids is 2. The van der Waals surface area contributed by atoms with Gasteiger partial charge in [0, 0.05) is 12.1 Å². The summed E-state index contributed by atoms with van der Waals surface area (Å²) < 4.78 is 0. The average Bonchev–Trinajstić information content (AvgIpc) is 2.96. The van der Waals surface area contributed by atoms with Crippen LogP contribution >= 0.6 is 0 Å². The van der Waals surface area contributed by atoms with Gasteiger partial charge in [-0.2, -0.15) is 0 Å². The van der Waals surface area contributed by atoms with Gasteiger partial charge in [0.05, 0.1) is 5.92 Å². The maximum atomic E-state index is 12.3. The van der Waals surface area contributed by atoms with E-state index in [0.29, 0.717) is 17.9 Å². The predicted molar refractivity (Wildman–Crippen MR) is 71.1 cm³/mol. The fourth-order valence-corrected chi connectivity index (χ4v) is 3.65. The number of rotatable bonds is 4. The number of nitrogens with one attached hydrogen (secondary N) is 2. The number of fused-ring (bicyclic) bond motifs is 2. The van der Waals surface area contributed by atoms with Crippen LogP contribution in [0.4, 0.5) is 0 Å². The second kappa shape index (κ2) is 4.78. The van der Waals surface area contributed by atoms with Crippen LogP contribution in [0, 0.1) is 17.8 Å². The van der Waals surface area contributed by atoms with Crippen LogP contribution in [0.1, 0.15) is 39.0 Å². The Morgan fingerprint density at radius 1 is 1.16 bits per heavy atom. The van der Waals surface area contributed by atoms with Crippen LogP contribution in [-0.2, 0) is 9.59 Å². The predicted octanol–water partition coefficient (Wildman–Crippen LogP) is 0.143. The number of amides is 2. The van der Waals surface area contributed by atoms with Crippen molar-refractivity contribution >= 4 is 11.8 Å². The molecule has 3 aliphatic carbocycles. The summed E-state index contributed by atoms with van der Waals surface area (Å²) in [6, 6.07) is -0.145. The molecule has 0 spiro atoms. The monoisotopic (exact) mass is 265 g/mol. The molecule has 2 bridgehead atoms. The smallest absolute Gasteiger partial charge is 0.242 e. The minimum atomic E-state index is -0.459. The zero-order chi connectivity index (χ0) is 13.6. The second-order valence-corrected chi connectivity index (χ2v) is 6.45. The maximum Gasteiger partial charge on any atom is 0.242 e. The topological polar surface area (TPSA) is 84.2 Å². The van der Waals surface area contributed by atoms with Gasteiger partial charge >= 0.3 is 0 Å². The molecule has 0 radical (unpaired) electrons. The van der Waals surface area contributed by atoms with E-state index in [1.54, 1.807) is 6.92 Å². The van der Waals surface area contributed by atoms with Crippen LogP contribution in [0.2, 0.25) is 0 Å². The van der Waals surface area contributed by atoms with Crippen molar-refractivity contribution in [1.82, 2.24) is 10.6 Å². The summed E-state index contributed by atoms with van der Waals surface area (Å²) in [7, 11) is 0. The van der Waals surface area contributed by atoms with E-state index >= 15 is 0 Å². The Hall–Kier alpha value is -1.10. The minimum Gasteiger partial charge on any atom is -0.352 e. The van der Waals surface area contributed by atoms with Crippen molar-refractivity contribution in [2.45, 2.75) is 57.2 Å². The van der Waals surface area contributed by atoms with E-state index in [9.17, 15) is 9.59 Å². The van der Waals surface area contributed by atoms with Crippen LogP contribution < -0.4 is 16.4 Å². The Labute approximate surface area is 113 Å². The van der Waals surface area contributed by atoms with E-state index in [1.165, 1.54) is 0 Å². The SMILES string of the molecule is CC(NC(=O)C1C2CCC(C2)C1N)C(=O)NC1CC1. The maximum absolute atomic E-state index is 12.3. The van der Waals surface area contributed by atoms with Crippen molar-refractivity contribution in [3.8, 4) is 0 Å². The molecule has 5 unspecified atom stereocenters. The quantitative estimate of drug-likeness (QED) is 0.676. The summed E-state index contributed by atoms with van der Waals surface area (Å²) in [6.45, 7) is 1.74. The summed E-state index contributed by atoms with van der Waals surface area (Å²) in [5, 5.41) is 5.75. The Bertz CT molecular complexity index is 392. The fraction of sp³-hybridized carbons (Fsp3) is 0.857. The highest BCUT2D eigenvalue weighted by atomic mass is 16.2. The summed E-state index contributed by atoms with van der Waals surface area (Å²) in [5.74, 6) is 0.746. The van der Waals surface area contributed by atoms with E-state index < -0.39 is 6.04 Å². The first kappa shape index (κ1) is 12.9. The lowest BCUT2D eigenvalue weighted by Crippen LogP contribution is -2.51. The van der Waals surface area contributed by atoms with E-state index in [4.69, 9.17) is 5.73 Å². The summed E-state index contributed by atoms with van der Waals surface area (Å²) in [4.78, 5) is 24.1. The third kappa shape index (κ3) is 2.48. The lowest BCUT2D eigenvalue weighted by atomic mass is 9.84. The minimum absolute atomic E-state index is 0.0163. The first-order valence-electron chi connectivity index (χ1n) is 7.42. The van der Waals surface area contributed by atoms with Gasteiger partial charge in [0.2, 0.25) is 11.8 Å². The third-order valence-electron chi connectivity index (χ3n) is 4.96. The summed E-state index contributed by atoms with van der Waals surface area (Å²) in [5.41, 5.74) is 6.15. The van der Waals surface area contributed by atoms with Crippen LogP contribution in [0.15, 0.2) is 0 Å². The van der Waals surface area contributed by atoms with Crippen LogP contribution in [0.5, 0.6) is 0 Å². The van der Waals surface area contributed by atoms with Crippen molar-refractivity contribution in [1.29, 1.82) is 0 Å². The van der Waals surface area contributed by atoms with Crippen molar-refractivity contribution in [3.63, 3.8) is 0 Å². The van der Waals surface area contributed by atoms with Gasteiger partial charge in [0.15, 0.2) is 0 Å². The molecule has 0 aliphatic heterocycles. The van der Waals surface area contributed by atoms with Gasteiger partial charge in [0.1, 0.15) is 6.04 Å². The van der Waals surface area contributed by atoms with Crippen LogP contribution in [-0.4, -0.2) is 29.9 Å². The number of hydrogen-bond acceptors (Lipinski definition) is 3. The highest BCUT2D eigenvalue weighted by Gasteiger charge is 2.49. The molecule has 3 fully saturated rings. The third-order valence-corrected chi connectivity index (χ3v) is 4.96. The fourth-order valence-electron chi connectivity index (χ4n) is 3.65. The zero-order valence-corrected chi connectivity index (χ0v) is 11.4. The normalized spacial score (nSPS) is 38.0.